The molecule has 1 fully saturated rings. The smallest absolute Gasteiger partial charge is 0.0950 e. The molecule has 16 heavy (non-hydrogen) atoms. The van der Waals surface area contributed by atoms with Gasteiger partial charge in [0, 0.05) is 12.1 Å². The summed E-state index contributed by atoms with van der Waals surface area (Å²) in [7, 11) is 0. The largest absolute Gasteiger partial charge is 0.370 e. The summed E-state index contributed by atoms with van der Waals surface area (Å²) in [6.45, 7) is 8.39. The van der Waals surface area contributed by atoms with E-state index in [1.807, 2.05) is 6.07 Å². The lowest BCUT2D eigenvalue weighted by atomic mass is 9.87. The van der Waals surface area contributed by atoms with Crippen molar-refractivity contribution in [1.29, 1.82) is 0 Å². The number of hydrogen-bond acceptors (Lipinski definition) is 2. The molecule has 1 heterocycles. The molecule has 2 nitrogen and oxygen atoms in total. The van der Waals surface area contributed by atoms with Gasteiger partial charge in [0.05, 0.1) is 12.7 Å². The van der Waals surface area contributed by atoms with Crippen LogP contribution in [0, 0.1) is 5.92 Å². The van der Waals surface area contributed by atoms with Crippen molar-refractivity contribution in [1.82, 2.24) is 5.32 Å². The summed E-state index contributed by atoms with van der Waals surface area (Å²) in [6.07, 6.45) is 0.202. The minimum Gasteiger partial charge on any atom is -0.370 e. The third-order valence-electron chi connectivity index (χ3n) is 3.72. The fraction of sp³-hybridized carbons (Fsp3) is 0.571. The predicted molar refractivity (Wildman–Crippen MR) is 66.4 cm³/mol. The third kappa shape index (κ3) is 2.28. The van der Waals surface area contributed by atoms with Gasteiger partial charge in [0.1, 0.15) is 0 Å². The highest BCUT2D eigenvalue weighted by atomic mass is 16.5. The Labute approximate surface area is 98.0 Å². The molecule has 0 aromatic heterocycles. The summed E-state index contributed by atoms with van der Waals surface area (Å²) in [5, 5.41) is 3.62. The van der Waals surface area contributed by atoms with Crippen LogP contribution in [0.2, 0.25) is 0 Å². The Morgan fingerprint density at radius 2 is 2.00 bits per heavy atom. The zero-order valence-corrected chi connectivity index (χ0v) is 10.4. The van der Waals surface area contributed by atoms with Crippen molar-refractivity contribution in [3.63, 3.8) is 0 Å². The fourth-order valence-electron chi connectivity index (χ4n) is 1.96. The first-order valence-electron chi connectivity index (χ1n) is 6.03. The molecule has 1 saturated heterocycles. The van der Waals surface area contributed by atoms with Gasteiger partial charge in [-0.25, -0.2) is 0 Å². The van der Waals surface area contributed by atoms with Crippen LogP contribution in [-0.4, -0.2) is 18.7 Å². The Balaban J connectivity index is 2.01. The maximum Gasteiger partial charge on any atom is 0.0950 e. The summed E-state index contributed by atoms with van der Waals surface area (Å²) in [5.41, 5.74) is 1.38. The van der Waals surface area contributed by atoms with Crippen LogP contribution in [0.25, 0.3) is 0 Å². The van der Waals surface area contributed by atoms with Crippen molar-refractivity contribution in [3.8, 4) is 0 Å². The second-order valence-electron chi connectivity index (χ2n) is 5.16. The lowest BCUT2D eigenvalue weighted by molar-refractivity contribution is -0.0436. The summed E-state index contributed by atoms with van der Waals surface area (Å²) in [4.78, 5) is 0. The Hall–Kier alpha value is -0.860. The lowest BCUT2D eigenvalue weighted by Crippen LogP contribution is -2.56. The van der Waals surface area contributed by atoms with E-state index in [1.165, 1.54) is 5.56 Å². The van der Waals surface area contributed by atoms with Crippen LogP contribution in [0.3, 0.4) is 0 Å². The van der Waals surface area contributed by atoms with E-state index in [4.69, 9.17) is 4.74 Å². The van der Waals surface area contributed by atoms with E-state index in [0.29, 0.717) is 5.92 Å². The summed E-state index contributed by atoms with van der Waals surface area (Å²) < 4.78 is 5.98. The van der Waals surface area contributed by atoms with Gasteiger partial charge >= 0.3 is 0 Å². The maximum absolute atomic E-state index is 5.98. The molecule has 1 aromatic rings. The van der Waals surface area contributed by atoms with E-state index in [-0.39, 0.29) is 11.6 Å². The van der Waals surface area contributed by atoms with Gasteiger partial charge in [0.2, 0.25) is 0 Å². The molecule has 1 aliphatic rings. The Morgan fingerprint density at radius 3 is 2.50 bits per heavy atom. The molecule has 1 N–H and O–H groups in total. The first-order valence-corrected chi connectivity index (χ1v) is 6.03. The minimum absolute atomic E-state index is 0.116. The highest BCUT2D eigenvalue weighted by Gasteiger charge is 2.34. The molecule has 0 amide bonds. The number of benzene rings is 1. The number of rotatable bonds is 2. The van der Waals surface area contributed by atoms with Crippen molar-refractivity contribution >= 4 is 0 Å². The van der Waals surface area contributed by atoms with E-state index in [2.05, 4.69) is 50.4 Å². The van der Waals surface area contributed by atoms with E-state index >= 15 is 0 Å². The number of morpholine rings is 1. The molecule has 0 bridgehead atoms. The van der Waals surface area contributed by atoms with Gasteiger partial charge in [-0.2, -0.15) is 0 Å². The van der Waals surface area contributed by atoms with Crippen molar-refractivity contribution in [2.45, 2.75) is 32.4 Å². The van der Waals surface area contributed by atoms with Gasteiger partial charge in [-0.3, -0.25) is 0 Å². The second-order valence-corrected chi connectivity index (χ2v) is 5.16. The van der Waals surface area contributed by atoms with Crippen LogP contribution >= 0.6 is 0 Å². The monoisotopic (exact) mass is 219 g/mol. The topological polar surface area (TPSA) is 21.3 Å². The van der Waals surface area contributed by atoms with Crippen LogP contribution < -0.4 is 5.32 Å². The average Bonchev–Trinajstić information content (AvgIpc) is 2.31. The highest BCUT2D eigenvalue weighted by molar-refractivity contribution is 5.18. The first kappa shape index (κ1) is 11.6. The molecule has 2 rings (SSSR count). The molecule has 2 atom stereocenters. The fourth-order valence-corrected chi connectivity index (χ4v) is 1.96. The van der Waals surface area contributed by atoms with Gasteiger partial charge in [-0.05, 0) is 18.4 Å². The van der Waals surface area contributed by atoms with Crippen molar-refractivity contribution in [2.24, 2.45) is 5.92 Å². The molecule has 0 aliphatic carbocycles. The molecule has 2 unspecified atom stereocenters. The average molecular weight is 219 g/mol. The standard InChI is InChI=1S/C14H21NO/c1-11(2)14(3)10-16-13(9-15-14)12-7-5-4-6-8-12/h4-8,11,13,15H,9-10H2,1-3H3. The molecular weight excluding hydrogens is 198 g/mol. The Morgan fingerprint density at radius 1 is 1.31 bits per heavy atom. The second kappa shape index (κ2) is 4.56. The zero-order chi connectivity index (χ0) is 11.6. The van der Waals surface area contributed by atoms with Crippen LogP contribution in [-0.2, 0) is 4.74 Å². The lowest BCUT2D eigenvalue weighted by Gasteiger charge is -2.41. The van der Waals surface area contributed by atoms with Crippen LogP contribution in [0.1, 0.15) is 32.4 Å². The molecule has 88 valence electrons. The highest BCUT2D eigenvalue weighted by Crippen LogP contribution is 2.27. The van der Waals surface area contributed by atoms with Gasteiger partial charge in [0.15, 0.2) is 0 Å². The SMILES string of the molecule is CC(C)C1(C)COC(c2ccccc2)CN1. The number of nitrogens with one attached hydrogen (secondary N) is 1. The van der Waals surface area contributed by atoms with E-state index < -0.39 is 0 Å². The Bertz CT molecular complexity index is 326. The summed E-state index contributed by atoms with van der Waals surface area (Å²) >= 11 is 0. The molecule has 0 radical (unpaired) electrons. The molecule has 0 spiro atoms. The van der Waals surface area contributed by atoms with Crippen LogP contribution in [0.15, 0.2) is 30.3 Å². The molecule has 1 aromatic carbocycles. The normalized spacial score (nSPS) is 30.6. The zero-order valence-electron chi connectivity index (χ0n) is 10.4. The van der Waals surface area contributed by atoms with Gasteiger partial charge in [0.25, 0.3) is 0 Å². The van der Waals surface area contributed by atoms with Crippen molar-refractivity contribution < 1.29 is 4.74 Å². The van der Waals surface area contributed by atoms with Crippen LogP contribution in [0.4, 0.5) is 0 Å². The minimum atomic E-state index is 0.116. The van der Waals surface area contributed by atoms with Crippen molar-refractivity contribution in [2.75, 3.05) is 13.2 Å². The number of ether oxygens (including phenoxy) is 1. The van der Waals surface area contributed by atoms with E-state index in [1.54, 1.807) is 0 Å². The molecule has 2 heteroatoms. The van der Waals surface area contributed by atoms with Gasteiger partial charge in [-0.1, -0.05) is 44.2 Å². The summed E-state index contributed by atoms with van der Waals surface area (Å²) in [6, 6.07) is 10.4. The van der Waals surface area contributed by atoms with E-state index in [0.717, 1.165) is 13.2 Å². The predicted octanol–water partition coefficient (Wildman–Crippen LogP) is 2.76. The quantitative estimate of drug-likeness (QED) is 0.826. The van der Waals surface area contributed by atoms with Gasteiger partial charge < -0.3 is 10.1 Å². The molecular formula is C14H21NO. The molecule has 1 aliphatic heterocycles. The Kier molecular flexibility index (Phi) is 3.31. The van der Waals surface area contributed by atoms with Crippen LogP contribution in [0.5, 0.6) is 0 Å². The summed E-state index contributed by atoms with van der Waals surface area (Å²) in [5.74, 6) is 0.587. The number of hydrogen-bond donors (Lipinski definition) is 1. The first-order chi connectivity index (χ1) is 7.62. The molecule has 0 saturated carbocycles. The third-order valence-corrected chi connectivity index (χ3v) is 3.72. The van der Waals surface area contributed by atoms with Crippen molar-refractivity contribution in [3.05, 3.63) is 35.9 Å². The maximum atomic E-state index is 5.98. The van der Waals surface area contributed by atoms with E-state index in [9.17, 15) is 0 Å². The van der Waals surface area contributed by atoms with Gasteiger partial charge in [-0.15, -0.1) is 0 Å².